The monoisotopic (exact) mass is 579 g/mol. The van der Waals surface area contributed by atoms with Gasteiger partial charge in [-0.05, 0) is 48.8 Å². The Morgan fingerprint density at radius 1 is 0.929 bits per heavy atom. The molecule has 5 rings (SSSR count). The van der Waals surface area contributed by atoms with Gasteiger partial charge < -0.3 is 15.0 Å². The van der Waals surface area contributed by atoms with E-state index in [0.717, 1.165) is 47.5 Å². The van der Waals surface area contributed by atoms with Crippen LogP contribution in [0.2, 0.25) is 19.1 Å². The number of hydrogen-bond acceptors (Lipinski definition) is 4. The topological polar surface area (TPSA) is 71.5 Å². The lowest BCUT2D eigenvalue weighted by Gasteiger charge is -2.35. The Hall–Kier alpha value is -3.97. The van der Waals surface area contributed by atoms with Gasteiger partial charge in [-0.2, -0.15) is 0 Å². The lowest BCUT2D eigenvalue weighted by Crippen LogP contribution is -2.44. The van der Waals surface area contributed by atoms with Gasteiger partial charge in [-0.15, -0.1) is 0 Å². The SMILES string of the molecule is C[Si](C)(CC(CC(=O)Nc1cccc2cccnc12)CC1CCN(C(=O)OCc2ccccc2)CC1)c1ccccc1. The van der Waals surface area contributed by atoms with Gasteiger partial charge in [-0.1, -0.05) is 103 Å². The van der Waals surface area contributed by atoms with E-state index in [9.17, 15) is 9.59 Å². The average Bonchev–Trinajstić information content (AvgIpc) is 3.01. The Bertz CT molecular complexity index is 1470. The van der Waals surface area contributed by atoms with Crippen LogP contribution in [0.25, 0.3) is 10.9 Å². The van der Waals surface area contributed by atoms with E-state index in [0.29, 0.717) is 32.0 Å². The molecule has 1 atom stereocenters. The summed E-state index contributed by atoms with van der Waals surface area (Å²) in [5.41, 5.74) is 2.57. The lowest BCUT2D eigenvalue weighted by molar-refractivity contribution is -0.117. The van der Waals surface area contributed by atoms with Crippen molar-refractivity contribution >= 4 is 41.9 Å². The van der Waals surface area contributed by atoms with Crippen molar-refractivity contribution in [1.82, 2.24) is 9.88 Å². The number of carbonyl (C=O) groups excluding carboxylic acids is 2. The summed E-state index contributed by atoms with van der Waals surface area (Å²) in [4.78, 5) is 32.5. The Kier molecular flexibility index (Phi) is 9.69. The number of benzene rings is 3. The summed E-state index contributed by atoms with van der Waals surface area (Å²) in [7, 11) is -1.78. The fourth-order valence-corrected chi connectivity index (χ4v) is 9.35. The molecular formula is C35H41N3O3Si. The van der Waals surface area contributed by atoms with Crippen LogP contribution in [-0.2, 0) is 16.1 Å². The highest BCUT2D eigenvalue weighted by Gasteiger charge is 2.32. The molecule has 1 unspecified atom stereocenters. The third kappa shape index (κ3) is 7.85. The smallest absolute Gasteiger partial charge is 0.410 e. The van der Waals surface area contributed by atoms with Gasteiger partial charge in [-0.25, -0.2) is 4.79 Å². The molecule has 1 aromatic heterocycles. The van der Waals surface area contributed by atoms with Crippen LogP contribution < -0.4 is 10.5 Å². The summed E-state index contributed by atoms with van der Waals surface area (Å²) in [6.07, 6.45) is 4.84. The first-order chi connectivity index (χ1) is 20.4. The Labute approximate surface area is 250 Å². The first-order valence-corrected chi connectivity index (χ1v) is 18.2. The second-order valence-corrected chi connectivity index (χ2v) is 16.9. The summed E-state index contributed by atoms with van der Waals surface area (Å²) < 4.78 is 5.57. The predicted octanol–water partition coefficient (Wildman–Crippen LogP) is 7.23. The number of anilines is 1. The van der Waals surface area contributed by atoms with E-state index in [2.05, 4.69) is 53.7 Å². The first-order valence-electron chi connectivity index (χ1n) is 15.0. The number of piperidine rings is 1. The maximum Gasteiger partial charge on any atom is 0.410 e. The summed E-state index contributed by atoms with van der Waals surface area (Å²) in [5.74, 6) is 0.773. The highest BCUT2D eigenvalue weighted by atomic mass is 28.3. The molecule has 2 amide bonds. The van der Waals surface area contributed by atoms with Crippen LogP contribution in [0.1, 0.15) is 31.2 Å². The number of aromatic nitrogens is 1. The molecule has 0 saturated carbocycles. The van der Waals surface area contributed by atoms with Crippen molar-refractivity contribution in [3.05, 3.63) is 103 Å². The number of fused-ring (bicyclic) bond motifs is 1. The van der Waals surface area contributed by atoms with Crippen LogP contribution >= 0.6 is 0 Å². The number of likely N-dealkylation sites (tertiary alicyclic amines) is 1. The van der Waals surface area contributed by atoms with Gasteiger partial charge in [0.05, 0.1) is 19.3 Å². The summed E-state index contributed by atoms with van der Waals surface area (Å²) in [6.45, 7) is 6.50. The normalized spacial score (nSPS) is 14.9. The molecule has 3 aromatic carbocycles. The number of pyridine rings is 1. The fraction of sp³-hybridized carbons (Fsp3) is 0.343. The number of nitrogens with zero attached hydrogens (tertiary/aromatic N) is 2. The lowest BCUT2D eigenvalue weighted by atomic mass is 9.86. The van der Waals surface area contributed by atoms with Crippen molar-refractivity contribution in [2.75, 3.05) is 18.4 Å². The quantitative estimate of drug-likeness (QED) is 0.201. The largest absolute Gasteiger partial charge is 0.445 e. The molecule has 2 heterocycles. The number of ether oxygens (including phenoxy) is 1. The van der Waals surface area contributed by atoms with E-state index in [4.69, 9.17) is 4.74 Å². The molecule has 218 valence electrons. The highest BCUT2D eigenvalue weighted by Crippen LogP contribution is 2.32. The molecule has 0 bridgehead atoms. The zero-order valence-electron chi connectivity index (χ0n) is 24.7. The zero-order valence-corrected chi connectivity index (χ0v) is 25.7. The van der Waals surface area contributed by atoms with Crippen LogP contribution in [0.5, 0.6) is 0 Å². The van der Waals surface area contributed by atoms with Gasteiger partial charge in [0.25, 0.3) is 0 Å². The van der Waals surface area contributed by atoms with E-state index in [-0.39, 0.29) is 17.9 Å². The second-order valence-electron chi connectivity index (χ2n) is 12.2. The number of carbonyl (C=O) groups is 2. The van der Waals surface area contributed by atoms with Crippen molar-refractivity contribution in [2.24, 2.45) is 11.8 Å². The molecule has 1 aliphatic heterocycles. The minimum absolute atomic E-state index is 0.0398. The van der Waals surface area contributed by atoms with E-state index in [1.165, 1.54) is 5.19 Å². The van der Waals surface area contributed by atoms with Crippen molar-refractivity contribution in [3.63, 3.8) is 0 Å². The van der Waals surface area contributed by atoms with Gasteiger partial charge in [0.1, 0.15) is 6.61 Å². The van der Waals surface area contributed by atoms with Crippen LogP contribution in [0.3, 0.4) is 0 Å². The van der Waals surface area contributed by atoms with Gasteiger partial charge in [0.2, 0.25) is 5.91 Å². The molecule has 1 aliphatic rings. The van der Waals surface area contributed by atoms with Crippen LogP contribution in [0.4, 0.5) is 10.5 Å². The number of hydrogen-bond donors (Lipinski definition) is 1. The third-order valence-electron chi connectivity index (χ3n) is 8.48. The maximum absolute atomic E-state index is 13.5. The fourth-order valence-electron chi connectivity index (χ4n) is 6.27. The zero-order chi connectivity index (χ0) is 29.4. The summed E-state index contributed by atoms with van der Waals surface area (Å²) in [5, 5.41) is 5.61. The maximum atomic E-state index is 13.5. The van der Waals surface area contributed by atoms with E-state index >= 15 is 0 Å². The van der Waals surface area contributed by atoms with E-state index in [1.54, 1.807) is 6.20 Å². The highest BCUT2D eigenvalue weighted by molar-refractivity contribution is 6.89. The molecule has 1 N–H and O–H groups in total. The van der Waals surface area contributed by atoms with E-state index < -0.39 is 8.07 Å². The Morgan fingerprint density at radius 2 is 1.62 bits per heavy atom. The van der Waals surface area contributed by atoms with Crippen LogP contribution in [0, 0.1) is 11.8 Å². The van der Waals surface area contributed by atoms with Gasteiger partial charge in [0.15, 0.2) is 0 Å². The molecule has 1 fully saturated rings. The van der Waals surface area contributed by atoms with Crippen molar-refractivity contribution in [2.45, 2.75) is 51.4 Å². The van der Waals surface area contributed by atoms with Crippen molar-refractivity contribution in [1.29, 1.82) is 0 Å². The summed E-state index contributed by atoms with van der Waals surface area (Å²) >= 11 is 0. The Morgan fingerprint density at radius 3 is 2.36 bits per heavy atom. The standard InChI is InChI=1S/C35H41N3O3Si/c1-42(2,31-15-7-4-8-16-31)26-29(24-33(39)37-32-17-9-13-30-14-10-20-36-34(30)32)23-27-18-21-38(22-19-27)35(40)41-25-28-11-5-3-6-12-28/h3-17,20,27,29H,18-19,21-26H2,1-2H3,(H,37,39). The molecule has 0 spiro atoms. The molecule has 7 heteroatoms. The molecule has 0 aliphatic carbocycles. The van der Waals surface area contributed by atoms with E-state index in [1.807, 2.05) is 65.6 Å². The van der Waals surface area contributed by atoms with Crippen molar-refractivity contribution < 1.29 is 14.3 Å². The van der Waals surface area contributed by atoms with Crippen LogP contribution in [0.15, 0.2) is 97.2 Å². The number of rotatable bonds is 10. The van der Waals surface area contributed by atoms with Gasteiger partial charge >= 0.3 is 6.09 Å². The molecule has 1 saturated heterocycles. The molecule has 42 heavy (non-hydrogen) atoms. The molecule has 4 aromatic rings. The van der Waals surface area contributed by atoms with Gasteiger partial charge in [0, 0.05) is 31.1 Å². The van der Waals surface area contributed by atoms with Crippen LogP contribution in [-0.4, -0.2) is 43.0 Å². The third-order valence-corrected chi connectivity index (χ3v) is 12.0. The molecular weight excluding hydrogens is 538 g/mol. The summed E-state index contributed by atoms with van der Waals surface area (Å²) in [6, 6.07) is 31.4. The Balaban J connectivity index is 1.22. The molecule has 0 radical (unpaired) electrons. The average molecular weight is 580 g/mol. The van der Waals surface area contributed by atoms with Gasteiger partial charge in [-0.3, -0.25) is 9.78 Å². The predicted molar refractivity (Wildman–Crippen MR) is 172 cm³/mol. The van der Waals surface area contributed by atoms with Crippen molar-refractivity contribution in [3.8, 4) is 0 Å². The number of para-hydroxylation sites is 1. The first kappa shape index (κ1) is 29.5. The number of amides is 2. The second kappa shape index (κ2) is 13.8. The minimum atomic E-state index is -1.78. The molecule has 6 nitrogen and oxygen atoms in total. The number of nitrogens with one attached hydrogen (secondary N) is 1. The minimum Gasteiger partial charge on any atom is -0.445 e.